The van der Waals surface area contributed by atoms with Crippen molar-refractivity contribution in [2.24, 2.45) is 5.92 Å². The highest BCUT2D eigenvalue weighted by atomic mass is 16.1. The zero-order chi connectivity index (χ0) is 10.6. The summed E-state index contributed by atoms with van der Waals surface area (Å²) in [5.74, 6) is 0.662. The average molecular weight is 188 g/mol. The molecule has 0 N–H and O–H groups in total. The first kappa shape index (κ1) is 10.7. The Labute approximate surface area is 85.5 Å². The van der Waals surface area contributed by atoms with Crippen LogP contribution >= 0.6 is 0 Å². The quantitative estimate of drug-likeness (QED) is 0.524. The lowest BCUT2D eigenvalue weighted by Gasteiger charge is -2.05. The van der Waals surface area contributed by atoms with Gasteiger partial charge in [-0.1, -0.05) is 44.7 Å². The molecular formula is C13H16O. The van der Waals surface area contributed by atoms with E-state index in [1.807, 2.05) is 12.1 Å². The van der Waals surface area contributed by atoms with E-state index in [-0.39, 0.29) is 0 Å². The minimum Gasteiger partial charge on any atom is -0.298 e. The summed E-state index contributed by atoms with van der Waals surface area (Å²) in [7, 11) is 0. The van der Waals surface area contributed by atoms with Crippen LogP contribution in [0.3, 0.4) is 0 Å². The Kier molecular flexibility index (Phi) is 3.63. The van der Waals surface area contributed by atoms with Crippen LogP contribution in [-0.4, -0.2) is 6.29 Å². The van der Waals surface area contributed by atoms with Crippen LogP contribution in [-0.2, 0) is 11.2 Å². The number of hydrogen-bond acceptors (Lipinski definition) is 1. The van der Waals surface area contributed by atoms with Gasteiger partial charge in [0.15, 0.2) is 0 Å². The third kappa shape index (κ3) is 2.84. The molecule has 0 atom stereocenters. The molecule has 1 aromatic rings. The summed E-state index contributed by atoms with van der Waals surface area (Å²) in [6, 6.07) is 8.02. The monoisotopic (exact) mass is 188 g/mol. The number of carbonyl (C=O) groups excluding carboxylic acids is 1. The molecule has 0 aliphatic carbocycles. The Morgan fingerprint density at radius 1 is 1.36 bits per heavy atom. The lowest BCUT2D eigenvalue weighted by molar-refractivity contribution is -0.103. The second-order valence-electron chi connectivity index (χ2n) is 3.94. The van der Waals surface area contributed by atoms with E-state index in [0.717, 1.165) is 18.3 Å². The van der Waals surface area contributed by atoms with Crippen LogP contribution in [0.4, 0.5) is 0 Å². The van der Waals surface area contributed by atoms with Crippen molar-refractivity contribution in [3.8, 4) is 0 Å². The Morgan fingerprint density at radius 2 is 1.93 bits per heavy atom. The fourth-order valence-electron chi connectivity index (χ4n) is 1.39. The van der Waals surface area contributed by atoms with Gasteiger partial charge in [0.25, 0.3) is 0 Å². The van der Waals surface area contributed by atoms with Crippen LogP contribution in [0.1, 0.15) is 25.0 Å². The number of hydrogen-bond donors (Lipinski definition) is 0. The lowest BCUT2D eigenvalue weighted by Crippen LogP contribution is -1.94. The number of carbonyl (C=O) groups is 1. The van der Waals surface area contributed by atoms with Crippen molar-refractivity contribution in [3.63, 3.8) is 0 Å². The van der Waals surface area contributed by atoms with Crippen LogP contribution in [0.25, 0.3) is 5.57 Å². The molecular weight excluding hydrogens is 172 g/mol. The van der Waals surface area contributed by atoms with Gasteiger partial charge in [-0.05, 0) is 23.5 Å². The van der Waals surface area contributed by atoms with Gasteiger partial charge in [0.2, 0.25) is 0 Å². The molecule has 0 bridgehead atoms. The molecule has 0 fully saturated rings. The van der Waals surface area contributed by atoms with Crippen molar-refractivity contribution in [2.45, 2.75) is 20.3 Å². The largest absolute Gasteiger partial charge is 0.298 e. The molecule has 1 heteroatoms. The first-order valence-corrected chi connectivity index (χ1v) is 4.87. The van der Waals surface area contributed by atoms with Gasteiger partial charge >= 0.3 is 0 Å². The van der Waals surface area contributed by atoms with Gasteiger partial charge in [-0.3, -0.25) is 4.79 Å². The highest BCUT2D eigenvalue weighted by Crippen LogP contribution is 2.13. The second-order valence-corrected chi connectivity index (χ2v) is 3.94. The summed E-state index contributed by atoms with van der Waals surface area (Å²) < 4.78 is 0. The van der Waals surface area contributed by atoms with Crippen molar-refractivity contribution < 1.29 is 4.79 Å². The maximum absolute atomic E-state index is 10.5. The zero-order valence-electron chi connectivity index (χ0n) is 8.79. The molecule has 0 heterocycles. The van der Waals surface area contributed by atoms with Crippen molar-refractivity contribution in [3.05, 3.63) is 42.0 Å². The topological polar surface area (TPSA) is 17.1 Å². The molecule has 0 spiro atoms. The Morgan fingerprint density at radius 3 is 2.36 bits per heavy atom. The van der Waals surface area contributed by atoms with Crippen molar-refractivity contribution in [2.75, 3.05) is 0 Å². The zero-order valence-corrected chi connectivity index (χ0v) is 8.79. The predicted molar refractivity (Wildman–Crippen MR) is 60.1 cm³/mol. The van der Waals surface area contributed by atoms with Gasteiger partial charge in [0, 0.05) is 5.57 Å². The summed E-state index contributed by atoms with van der Waals surface area (Å²) in [6.07, 6.45) is 1.87. The Balaban J connectivity index is 2.78. The van der Waals surface area contributed by atoms with Crippen LogP contribution in [0.2, 0.25) is 0 Å². The van der Waals surface area contributed by atoms with E-state index in [1.54, 1.807) is 0 Å². The van der Waals surface area contributed by atoms with E-state index in [2.05, 4.69) is 32.6 Å². The molecule has 0 aliphatic rings. The van der Waals surface area contributed by atoms with Crippen LogP contribution in [0.15, 0.2) is 30.8 Å². The molecule has 1 rings (SSSR count). The predicted octanol–water partition coefficient (Wildman–Crippen LogP) is 3.10. The molecule has 0 unspecified atom stereocenters. The maximum Gasteiger partial charge on any atom is 0.150 e. The third-order valence-corrected chi connectivity index (χ3v) is 2.11. The minimum absolute atomic E-state index is 0.543. The smallest absolute Gasteiger partial charge is 0.150 e. The maximum atomic E-state index is 10.5. The van der Waals surface area contributed by atoms with Gasteiger partial charge in [0.1, 0.15) is 6.29 Å². The molecule has 1 nitrogen and oxygen atoms in total. The molecule has 0 amide bonds. The van der Waals surface area contributed by atoms with Gasteiger partial charge in [0.05, 0.1) is 0 Å². The molecule has 0 radical (unpaired) electrons. The lowest BCUT2D eigenvalue weighted by atomic mass is 10.00. The van der Waals surface area contributed by atoms with E-state index in [4.69, 9.17) is 0 Å². The number of benzene rings is 1. The van der Waals surface area contributed by atoms with Crippen LogP contribution in [0, 0.1) is 5.92 Å². The minimum atomic E-state index is 0.543. The van der Waals surface area contributed by atoms with Gasteiger partial charge in [-0.25, -0.2) is 0 Å². The Bertz CT molecular complexity index is 320. The number of allylic oxidation sites excluding steroid dienone is 1. The molecule has 14 heavy (non-hydrogen) atoms. The average Bonchev–Trinajstić information content (AvgIpc) is 2.17. The molecule has 0 aliphatic heterocycles. The van der Waals surface area contributed by atoms with Crippen molar-refractivity contribution in [1.29, 1.82) is 0 Å². The van der Waals surface area contributed by atoms with E-state index in [9.17, 15) is 4.79 Å². The van der Waals surface area contributed by atoms with E-state index >= 15 is 0 Å². The van der Waals surface area contributed by atoms with Crippen LogP contribution < -0.4 is 0 Å². The van der Waals surface area contributed by atoms with Crippen molar-refractivity contribution >= 4 is 11.9 Å². The Hall–Kier alpha value is -1.37. The second kappa shape index (κ2) is 4.75. The molecule has 0 aromatic heterocycles. The fourth-order valence-corrected chi connectivity index (χ4v) is 1.39. The van der Waals surface area contributed by atoms with Crippen molar-refractivity contribution in [1.82, 2.24) is 0 Å². The van der Waals surface area contributed by atoms with Crippen LogP contribution in [0.5, 0.6) is 0 Å². The fraction of sp³-hybridized carbons (Fsp3) is 0.308. The summed E-state index contributed by atoms with van der Waals surface area (Å²) in [6.45, 7) is 8.05. The SMILES string of the molecule is C=C(C=O)c1ccc(CC(C)C)cc1. The molecule has 0 saturated carbocycles. The highest BCUT2D eigenvalue weighted by molar-refractivity contribution is 6.05. The number of aldehydes is 1. The molecule has 0 saturated heterocycles. The number of rotatable bonds is 4. The highest BCUT2D eigenvalue weighted by Gasteiger charge is 1.99. The third-order valence-electron chi connectivity index (χ3n) is 2.11. The summed E-state index contributed by atoms with van der Waals surface area (Å²) in [4.78, 5) is 10.5. The summed E-state index contributed by atoms with van der Waals surface area (Å²) in [5, 5.41) is 0. The van der Waals surface area contributed by atoms with Gasteiger partial charge in [-0.15, -0.1) is 0 Å². The summed E-state index contributed by atoms with van der Waals surface area (Å²) >= 11 is 0. The summed E-state index contributed by atoms with van der Waals surface area (Å²) in [5.41, 5.74) is 2.76. The first-order valence-electron chi connectivity index (χ1n) is 4.87. The van der Waals surface area contributed by atoms with E-state index in [1.165, 1.54) is 5.56 Å². The standard InChI is InChI=1S/C13H16O/c1-10(2)8-12-4-6-13(7-5-12)11(3)9-14/h4-7,9-10H,3,8H2,1-2H3. The normalized spacial score (nSPS) is 10.2. The molecule has 1 aromatic carbocycles. The van der Waals surface area contributed by atoms with Gasteiger partial charge in [-0.2, -0.15) is 0 Å². The first-order chi connectivity index (χ1) is 6.63. The molecule has 74 valence electrons. The van der Waals surface area contributed by atoms with Gasteiger partial charge < -0.3 is 0 Å². The van der Waals surface area contributed by atoms with E-state index < -0.39 is 0 Å². The van der Waals surface area contributed by atoms with E-state index in [0.29, 0.717) is 11.5 Å².